The highest BCUT2D eigenvalue weighted by molar-refractivity contribution is 5.82. The van der Waals surface area contributed by atoms with E-state index in [1.807, 2.05) is 25.1 Å². The number of nitrogens with zero attached hydrogens (tertiary/aromatic N) is 4. The molecule has 2 aliphatic rings. The van der Waals surface area contributed by atoms with E-state index >= 15 is 0 Å². The quantitative estimate of drug-likeness (QED) is 0.761. The summed E-state index contributed by atoms with van der Waals surface area (Å²) in [5.41, 5.74) is 2.10. The molecule has 2 atom stereocenters. The molecule has 0 spiro atoms. The van der Waals surface area contributed by atoms with Gasteiger partial charge in [0, 0.05) is 30.8 Å². The predicted octanol–water partition coefficient (Wildman–Crippen LogP) is 2.23. The monoisotopic (exact) mass is 366 g/mol. The molecule has 1 aromatic carbocycles. The molecule has 0 saturated carbocycles. The van der Waals surface area contributed by atoms with Crippen LogP contribution in [0.4, 0.5) is 5.82 Å². The van der Waals surface area contributed by atoms with Crippen LogP contribution in [-0.2, 0) is 12.8 Å². The van der Waals surface area contributed by atoms with E-state index in [0.717, 1.165) is 30.1 Å². The normalized spacial score (nSPS) is 24.4. The van der Waals surface area contributed by atoms with Gasteiger partial charge in [0.05, 0.1) is 13.2 Å². The van der Waals surface area contributed by atoms with E-state index in [9.17, 15) is 5.11 Å². The van der Waals surface area contributed by atoms with Crippen molar-refractivity contribution >= 4 is 17.0 Å². The van der Waals surface area contributed by atoms with Crippen molar-refractivity contribution in [2.75, 3.05) is 31.2 Å². The van der Waals surface area contributed by atoms with Crippen LogP contribution in [0.2, 0.25) is 0 Å². The molecule has 140 valence electrons. The zero-order valence-corrected chi connectivity index (χ0v) is 15.3. The van der Waals surface area contributed by atoms with Crippen LogP contribution in [0.1, 0.15) is 18.4 Å². The van der Waals surface area contributed by atoms with Gasteiger partial charge in [0.2, 0.25) is 0 Å². The summed E-state index contributed by atoms with van der Waals surface area (Å²) < 4.78 is 11.8. The lowest BCUT2D eigenvalue weighted by molar-refractivity contribution is 0.0816. The van der Waals surface area contributed by atoms with E-state index < -0.39 is 0 Å². The maximum Gasteiger partial charge on any atom is 0.252 e. The Morgan fingerprint density at radius 2 is 2.19 bits per heavy atom. The topological polar surface area (TPSA) is 84.5 Å². The molecular weight excluding hydrogens is 344 g/mol. The van der Waals surface area contributed by atoms with Crippen molar-refractivity contribution in [3.8, 4) is 5.75 Å². The molecule has 2 aliphatic heterocycles. The van der Waals surface area contributed by atoms with Gasteiger partial charge in [-0.15, -0.1) is 0 Å². The number of para-hydroxylation sites is 1. The average Bonchev–Trinajstić information content (AvgIpc) is 3.25. The molecule has 1 fully saturated rings. The van der Waals surface area contributed by atoms with Crippen LogP contribution in [0.5, 0.6) is 5.75 Å². The van der Waals surface area contributed by atoms with Crippen molar-refractivity contribution < 1.29 is 14.3 Å². The van der Waals surface area contributed by atoms with Gasteiger partial charge >= 0.3 is 0 Å². The van der Waals surface area contributed by atoms with Crippen molar-refractivity contribution in [2.45, 2.75) is 19.8 Å². The summed E-state index contributed by atoms with van der Waals surface area (Å²) >= 11 is 0. The fraction of sp³-hybridized carbons (Fsp3) is 0.450. The highest BCUT2D eigenvalue weighted by Crippen LogP contribution is 2.45. The molecule has 7 heteroatoms. The molecule has 0 unspecified atom stereocenters. The Bertz CT molecular complexity index is 988. The van der Waals surface area contributed by atoms with Gasteiger partial charge < -0.3 is 19.2 Å². The van der Waals surface area contributed by atoms with E-state index in [0.29, 0.717) is 36.7 Å². The number of oxazole rings is 1. The lowest BCUT2D eigenvalue weighted by Crippen LogP contribution is -2.38. The number of aromatic nitrogens is 3. The standard InChI is InChI=1S/C20H22N4O3/c1-2-16-23-17-18(21-12-22-19(17)27-16)24-8-14-9-26-15-6-4-3-5-13(15)7-20(14,10-24)11-25/h3-6,12,14,25H,2,7-11H2,1H3/t14-,20-/m1/s1. The van der Waals surface area contributed by atoms with Crippen LogP contribution >= 0.6 is 0 Å². The molecule has 4 heterocycles. The molecular formula is C20H22N4O3. The van der Waals surface area contributed by atoms with Gasteiger partial charge in [-0.25, -0.2) is 9.97 Å². The van der Waals surface area contributed by atoms with Gasteiger partial charge in [-0.1, -0.05) is 25.1 Å². The lowest BCUT2D eigenvalue weighted by Gasteiger charge is -2.30. The minimum Gasteiger partial charge on any atom is -0.493 e. The smallest absolute Gasteiger partial charge is 0.252 e. The third-order valence-corrected chi connectivity index (χ3v) is 5.90. The number of benzene rings is 1. The molecule has 0 radical (unpaired) electrons. The van der Waals surface area contributed by atoms with Crippen LogP contribution in [0.3, 0.4) is 0 Å². The largest absolute Gasteiger partial charge is 0.493 e. The first-order valence-corrected chi connectivity index (χ1v) is 9.39. The minimum atomic E-state index is -0.263. The SMILES string of the molecule is CCc1nc2c(N3C[C@@H]4COc5ccccc5C[C@]4(CO)C3)ncnc2o1. The second kappa shape index (κ2) is 6.20. The average molecular weight is 366 g/mol. The second-order valence-corrected chi connectivity index (χ2v) is 7.51. The van der Waals surface area contributed by atoms with E-state index in [4.69, 9.17) is 9.15 Å². The fourth-order valence-electron chi connectivity index (χ4n) is 4.39. The van der Waals surface area contributed by atoms with Gasteiger partial charge in [0.1, 0.15) is 12.1 Å². The first kappa shape index (κ1) is 16.5. The Kier molecular flexibility index (Phi) is 3.79. The van der Waals surface area contributed by atoms with Crippen molar-refractivity contribution in [2.24, 2.45) is 11.3 Å². The number of aliphatic hydroxyl groups is 1. The minimum absolute atomic E-state index is 0.110. The highest BCUT2D eigenvalue weighted by Gasteiger charge is 2.49. The van der Waals surface area contributed by atoms with E-state index in [2.05, 4.69) is 25.9 Å². The van der Waals surface area contributed by atoms with Gasteiger partial charge in [-0.3, -0.25) is 0 Å². The molecule has 0 amide bonds. The molecule has 1 N–H and O–H groups in total. The Balaban J connectivity index is 1.53. The number of fused-ring (bicyclic) bond motifs is 3. The van der Waals surface area contributed by atoms with Crippen molar-refractivity contribution in [3.05, 3.63) is 42.0 Å². The summed E-state index contributed by atoms with van der Waals surface area (Å²) in [6, 6.07) is 8.11. The van der Waals surface area contributed by atoms with Gasteiger partial charge in [0.15, 0.2) is 17.2 Å². The summed E-state index contributed by atoms with van der Waals surface area (Å²) in [5, 5.41) is 10.4. The van der Waals surface area contributed by atoms with Crippen LogP contribution in [0.25, 0.3) is 11.2 Å². The Morgan fingerprint density at radius 1 is 1.30 bits per heavy atom. The molecule has 3 aromatic rings. The molecule has 1 saturated heterocycles. The Morgan fingerprint density at radius 3 is 3.04 bits per heavy atom. The van der Waals surface area contributed by atoms with E-state index in [1.165, 1.54) is 6.33 Å². The maximum atomic E-state index is 10.4. The molecule has 0 bridgehead atoms. The Labute approximate surface area is 157 Å². The number of hydrogen-bond acceptors (Lipinski definition) is 7. The first-order valence-electron chi connectivity index (χ1n) is 9.39. The molecule has 7 nitrogen and oxygen atoms in total. The molecule has 2 aromatic heterocycles. The summed E-state index contributed by atoms with van der Waals surface area (Å²) in [4.78, 5) is 15.5. The summed E-state index contributed by atoms with van der Waals surface area (Å²) in [5.74, 6) is 2.57. The highest BCUT2D eigenvalue weighted by atomic mass is 16.5. The zero-order chi connectivity index (χ0) is 18.4. The van der Waals surface area contributed by atoms with Crippen molar-refractivity contribution in [3.63, 3.8) is 0 Å². The number of hydrogen-bond donors (Lipinski definition) is 1. The zero-order valence-electron chi connectivity index (χ0n) is 15.3. The van der Waals surface area contributed by atoms with Crippen LogP contribution in [0.15, 0.2) is 35.0 Å². The number of anilines is 1. The van der Waals surface area contributed by atoms with E-state index in [1.54, 1.807) is 0 Å². The van der Waals surface area contributed by atoms with Crippen LogP contribution in [-0.4, -0.2) is 46.4 Å². The first-order chi connectivity index (χ1) is 13.2. The lowest BCUT2D eigenvalue weighted by atomic mass is 9.75. The fourth-order valence-corrected chi connectivity index (χ4v) is 4.39. The summed E-state index contributed by atoms with van der Waals surface area (Å²) in [7, 11) is 0. The third kappa shape index (κ3) is 2.56. The van der Waals surface area contributed by atoms with Gasteiger partial charge in [-0.05, 0) is 18.1 Å². The van der Waals surface area contributed by atoms with Crippen molar-refractivity contribution in [1.82, 2.24) is 15.0 Å². The number of rotatable bonds is 3. The van der Waals surface area contributed by atoms with Gasteiger partial charge in [0.25, 0.3) is 5.71 Å². The number of aryl methyl sites for hydroxylation is 1. The molecule has 27 heavy (non-hydrogen) atoms. The number of ether oxygens (including phenoxy) is 1. The molecule has 0 aliphatic carbocycles. The second-order valence-electron chi connectivity index (χ2n) is 7.51. The van der Waals surface area contributed by atoms with Crippen LogP contribution in [0, 0.1) is 11.3 Å². The maximum absolute atomic E-state index is 10.4. The Hall–Kier alpha value is -2.67. The third-order valence-electron chi connectivity index (χ3n) is 5.90. The van der Waals surface area contributed by atoms with E-state index in [-0.39, 0.29) is 17.9 Å². The van der Waals surface area contributed by atoms with Crippen molar-refractivity contribution in [1.29, 1.82) is 0 Å². The van der Waals surface area contributed by atoms with Gasteiger partial charge in [-0.2, -0.15) is 4.98 Å². The number of aliphatic hydroxyl groups excluding tert-OH is 1. The molecule has 5 rings (SSSR count). The predicted molar refractivity (Wildman–Crippen MR) is 99.8 cm³/mol. The summed E-state index contributed by atoms with van der Waals surface area (Å²) in [6.07, 6.45) is 3.02. The van der Waals surface area contributed by atoms with Crippen LogP contribution < -0.4 is 9.64 Å². The summed E-state index contributed by atoms with van der Waals surface area (Å²) in [6.45, 7) is 4.16.